The second-order valence-electron chi connectivity index (χ2n) is 7.67. The van der Waals surface area contributed by atoms with Gasteiger partial charge in [0, 0.05) is 21.5 Å². The second-order valence-corrected chi connectivity index (χ2v) is 9.63. The first kappa shape index (κ1) is 22.5. The van der Waals surface area contributed by atoms with E-state index in [1.165, 1.54) is 11.8 Å². The highest BCUT2D eigenvalue weighted by atomic mass is 79.9. The third-order valence-corrected chi connectivity index (χ3v) is 5.50. The van der Waals surface area contributed by atoms with Gasteiger partial charge in [-0.1, -0.05) is 46.3 Å². The lowest BCUT2D eigenvalue weighted by atomic mass is 10.1. The smallest absolute Gasteiger partial charge is 0.242 e. The van der Waals surface area contributed by atoms with Crippen molar-refractivity contribution in [3.63, 3.8) is 0 Å². The van der Waals surface area contributed by atoms with E-state index in [0.717, 1.165) is 14.9 Å². The van der Waals surface area contributed by atoms with Gasteiger partial charge in [0.1, 0.15) is 6.04 Å². The zero-order chi connectivity index (χ0) is 20.7. The van der Waals surface area contributed by atoms with Crippen molar-refractivity contribution in [3.05, 3.63) is 64.6 Å². The molecular weight excluding hydrogens is 436 g/mol. The fraction of sp³-hybridized carbons (Fsp3) is 0.364. The van der Waals surface area contributed by atoms with Crippen LogP contribution >= 0.6 is 27.7 Å². The first-order valence-corrected chi connectivity index (χ1v) is 11.0. The first-order valence-electron chi connectivity index (χ1n) is 9.19. The summed E-state index contributed by atoms with van der Waals surface area (Å²) >= 11 is 4.95. The highest BCUT2D eigenvalue weighted by Gasteiger charge is 2.28. The molecule has 2 aromatic carbocycles. The largest absolute Gasteiger partial charge is 0.350 e. The molecule has 0 aromatic heterocycles. The molecule has 2 aromatic rings. The van der Waals surface area contributed by atoms with E-state index in [4.69, 9.17) is 0 Å². The van der Waals surface area contributed by atoms with E-state index in [1.54, 1.807) is 11.8 Å². The first-order chi connectivity index (χ1) is 13.2. The molecule has 6 heteroatoms. The summed E-state index contributed by atoms with van der Waals surface area (Å²) in [5.41, 5.74) is 0.622. The summed E-state index contributed by atoms with van der Waals surface area (Å²) in [6.07, 6.45) is 0. The molecule has 0 heterocycles. The van der Waals surface area contributed by atoms with Gasteiger partial charge in [-0.2, -0.15) is 0 Å². The van der Waals surface area contributed by atoms with Crippen molar-refractivity contribution < 1.29 is 9.59 Å². The van der Waals surface area contributed by atoms with Gasteiger partial charge >= 0.3 is 0 Å². The van der Waals surface area contributed by atoms with Crippen LogP contribution < -0.4 is 5.32 Å². The quantitative estimate of drug-likeness (QED) is 0.596. The highest BCUT2D eigenvalue weighted by Crippen LogP contribution is 2.20. The summed E-state index contributed by atoms with van der Waals surface area (Å²) in [6, 6.07) is 17.0. The lowest BCUT2D eigenvalue weighted by Crippen LogP contribution is -2.52. The Hall–Kier alpha value is -1.79. The van der Waals surface area contributed by atoms with Crippen LogP contribution in [0, 0.1) is 0 Å². The summed E-state index contributed by atoms with van der Waals surface area (Å²) in [5, 5.41) is 2.98. The van der Waals surface area contributed by atoms with E-state index in [2.05, 4.69) is 21.2 Å². The van der Waals surface area contributed by atoms with Crippen molar-refractivity contribution >= 4 is 39.5 Å². The number of benzene rings is 2. The maximum Gasteiger partial charge on any atom is 0.242 e. The van der Waals surface area contributed by atoms with Crippen LogP contribution in [0.5, 0.6) is 0 Å². The Labute approximate surface area is 180 Å². The molecule has 0 aliphatic carbocycles. The minimum Gasteiger partial charge on any atom is -0.350 e. The lowest BCUT2D eigenvalue weighted by molar-refractivity contribution is -0.139. The van der Waals surface area contributed by atoms with Gasteiger partial charge in [0.2, 0.25) is 11.8 Å². The van der Waals surface area contributed by atoms with E-state index >= 15 is 0 Å². The molecule has 1 atom stereocenters. The van der Waals surface area contributed by atoms with Crippen molar-refractivity contribution in [1.82, 2.24) is 10.2 Å². The Kier molecular flexibility index (Phi) is 8.13. The highest BCUT2D eigenvalue weighted by molar-refractivity contribution is 9.10. The molecule has 0 aliphatic rings. The van der Waals surface area contributed by atoms with Crippen LogP contribution in [0.1, 0.15) is 33.3 Å². The predicted molar refractivity (Wildman–Crippen MR) is 119 cm³/mol. The van der Waals surface area contributed by atoms with Crippen LogP contribution in [0.4, 0.5) is 0 Å². The molecule has 0 radical (unpaired) electrons. The molecule has 4 nitrogen and oxygen atoms in total. The van der Waals surface area contributed by atoms with Gasteiger partial charge in [-0.3, -0.25) is 9.59 Å². The fourth-order valence-corrected chi connectivity index (χ4v) is 3.89. The maximum atomic E-state index is 13.0. The number of halogens is 1. The normalized spacial score (nSPS) is 12.3. The summed E-state index contributed by atoms with van der Waals surface area (Å²) in [5.74, 6) is 0.0662. The average Bonchev–Trinajstić information content (AvgIpc) is 2.63. The van der Waals surface area contributed by atoms with Gasteiger partial charge < -0.3 is 10.2 Å². The molecule has 1 N–H and O–H groups in total. The van der Waals surface area contributed by atoms with Crippen LogP contribution in [-0.4, -0.2) is 34.0 Å². The number of nitrogens with one attached hydrogen (secondary N) is 1. The Morgan fingerprint density at radius 2 is 1.79 bits per heavy atom. The number of amides is 2. The van der Waals surface area contributed by atoms with Crippen molar-refractivity contribution in [3.8, 4) is 0 Å². The van der Waals surface area contributed by atoms with E-state index in [-0.39, 0.29) is 23.1 Å². The van der Waals surface area contributed by atoms with Crippen LogP contribution in [0.3, 0.4) is 0 Å². The van der Waals surface area contributed by atoms with E-state index < -0.39 is 6.04 Å². The SMILES string of the molecule is CC(C(=O)NC(C)(C)C)N(Cc1cccc(Br)c1)C(=O)CSc1ccccc1. The van der Waals surface area contributed by atoms with Crippen LogP contribution in [0.2, 0.25) is 0 Å². The number of rotatable bonds is 7. The Bertz CT molecular complexity index is 806. The van der Waals surface area contributed by atoms with Crippen LogP contribution in [0.25, 0.3) is 0 Å². The molecule has 0 saturated heterocycles. The second kappa shape index (κ2) is 10.1. The topological polar surface area (TPSA) is 49.4 Å². The number of thioether (sulfide) groups is 1. The number of carbonyl (C=O) groups excluding carboxylic acids is 2. The van der Waals surface area contributed by atoms with Crippen LogP contribution in [0.15, 0.2) is 64.0 Å². The summed E-state index contributed by atoms with van der Waals surface area (Å²) < 4.78 is 0.947. The standard InChI is InChI=1S/C22H27BrN2O2S/c1-16(21(27)24-22(2,3)4)25(14-17-9-8-10-18(23)13-17)20(26)15-28-19-11-6-5-7-12-19/h5-13,16H,14-15H2,1-4H3,(H,24,27). The lowest BCUT2D eigenvalue weighted by Gasteiger charge is -2.31. The molecular formula is C22H27BrN2O2S. The Morgan fingerprint density at radius 3 is 2.39 bits per heavy atom. The predicted octanol–water partition coefficient (Wildman–Crippen LogP) is 4.87. The molecule has 0 spiro atoms. The zero-order valence-electron chi connectivity index (χ0n) is 16.7. The Morgan fingerprint density at radius 1 is 1.11 bits per heavy atom. The maximum absolute atomic E-state index is 13.0. The van der Waals surface area contributed by atoms with Gasteiger partial charge in [0.25, 0.3) is 0 Å². The molecule has 0 fully saturated rings. The van der Waals surface area contributed by atoms with E-state index in [0.29, 0.717) is 6.54 Å². The molecule has 0 aliphatic heterocycles. The van der Waals surface area contributed by atoms with Crippen molar-refractivity contribution in [2.24, 2.45) is 0 Å². The van der Waals surface area contributed by atoms with E-state index in [1.807, 2.05) is 75.4 Å². The van der Waals surface area contributed by atoms with Gasteiger partial charge in [-0.25, -0.2) is 0 Å². The van der Waals surface area contributed by atoms with Gasteiger partial charge in [-0.05, 0) is 57.5 Å². The monoisotopic (exact) mass is 462 g/mol. The third-order valence-electron chi connectivity index (χ3n) is 4.01. The fourth-order valence-electron chi connectivity index (χ4n) is 2.63. The molecule has 150 valence electrons. The van der Waals surface area contributed by atoms with Crippen molar-refractivity contribution in [2.75, 3.05) is 5.75 Å². The van der Waals surface area contributed by atoms with Crippen molar-refractivity contribution in [2.45, 2.75) is 50.7 Å². The molecule has 2 amide bonds. The summed E-state index contributed by atoms with van der Waals surface area (Å²) in [7, 11) is 0. The minimum atomic E-state index is -0.568. The van der Waals surface area contributed by atoms with Gasteiger partial charge in [-0.15, -0.1) is 11.8 Å². The molecule has 28 heavy (non-hydrogen) atoms. The van der Waals surface area contributed by atoms with Gasteiger partial charge in [0.05, 0.1) is 5.75 Å². The third kappa shape index (κ3) is 7.32. The molecule has 0 saturated carbocycles. The number of hydrogen-bond acceptors (Lipinski definition) is 3. The van der Waals surface area contributed by atoms with Crippen LogP contribution in [-0.2, 0) is 16.1 Å². The number of hydrogen-bond donors (Lipinski definition) is 1. The molecule has 1 unspecified atom stereocenters. The number of carbonyl (C=O) groups is 2. The molecule has 0 bridgehead atoms. The zero-order valence-corrected chi connectivity index (χ0v) is 19.1. The summed E-state index contributed by atoms with van der Waals surface area (Å²) in [6.45, 7) is 7.96. The Balaban J connectivity index is 2.16. The summed E-state index contributed by atoms with van der Waals surface area (Å²) in [4.78, 5) is 28.4. The minimum absolute atomic E-state index is 0.0645. The van der Waals surface area contributed by atoms with Gasteiger partial charge in [0.15, 0.2) is 0 Å². The van der Waals surface area contributed by atoms with Crippen molar-refractivity contribution in [1.29, 1.82) is 0 Å². The average molecular weight is 463 g/mol. The molecule has 2 rings (SSSR count). The number of nitrogens with zero attached hydrogens (tertiary/aromatic N) is 1. The van der Waals surface area contributed by atoms with E-state index in [9.17, 15) is 9.59 Å².